The molecule has 3 aromatic rings. The van der Waals surface area contributed by atoms with E-state index in [1.54, 1.807) is 22.9 Å². The number of nitrogens with zero attached hydrogens (tertiary/aromatic N) is 3. The Kier molecular flexibility index (Phi) is 7.96. The van der Waals surface area contributed by atoms with Gasteiger partial charge in [-0.1, -0.05) is 36.3 Å². The predicted octanol–water partition coefficient (Wildman–Crippen LogP) is 4.33. The normalized spacial score (nSPS) is 14.2. The van der Waals surface area contributed by atoms with E-state index in [0.717, 1.165) is 23.5 Å². The van der Waals surface area contributed by atoms with E-state index >= 15 is 0 Å². The molecular formula is C27H30FN3O3. The molecule has 34 heavy (non-hydrogen) atoms. The van der Waals surface area contributed by atoms with Crippen LogP contribution >= 0.6 is 0 Å². The first kappa shape index (κ1) is 24.0. The van der Waals surface area contributed by atoms with Gasteiger partial charge in [-0.15, -0.1) is 6.42 Å². The van der Waals surface area contributed by atoms with E-state index in [0.29, 0.717) is 24.9 Å². The summed E-state index contributed by atoms with van der Waals surface area (Å²) in [5, 5.41) is 15.2. The maximum Gasteiger partial charge on any atom is 0.227 e. The van der Waals surface area contributed by atoms with Gasteiger partial charge in [-0.05, 0) is 49.9 Å². The van der Waals surface area contributed by atoms with Gasteiger partial charge in [0.15, 0.2) is 11.6 Å². The zero-order valence-corrected chi connectivity index (χ0v) is 19.4. The third-order valence-corrected chi connectivity index (χ3v) is 5.74. The minimum absolute atomic E-state index is 0.136. The highest BCUT2D eigenvalue weighted by atomic mass is 19.1. The number of terminal acetylenes is 1. The molecule has 0 radical (unpaired) electrons. The molecule has 6 nitrogen and oxygen atoms in total. The van der Waals surface area contributed by atoms with E-state index < -0.39 is 11.9 Å². The van der Waals surface area contributed by atoms with Gasteiger partial charge in [0, 0.05) is 19.6 Å². The Morgan fingerprint density at radius 2 is 1.94 bits per heavy atom. The van der Waals surface area contributed by atoms with Crippen LogP contribution in [0, 0.1) is 31.0 Å². The fraction of sp³-hybridized carbons (Fsp3) is 0.370. The fourth-order valence-electron chi connectivity index (χ4n) is 3.90. The number of halogens is 1. The smallest absolute Gasteiger partial charge is 0.227 e. The lowest BCUT2D eigenvalue weighted by Crippen LogP contribution is -2.36. The number of rotatable bonds is 12. The predicted molar refractivity (Wildman–Crippen MR) is 128 cm³/mol. The molecule has 4 rings (SSSR count). The third kappa shape index (κ3) is 6.23. The van der Waals surface area contributed by atoms with Crippen LogP contribution < -0.4 is 4.74 Å². The Hall–Kier alpha value is -3.18. The van der Waals surface area contributed by atoms with Crippen LogP contribution in [-0.2, 0) is 11.3 Å². The Bertz CT molecular complexity index is 1120. The average Bonchev–Trinajstić information content (AvgIpc) is 3.60. The fourth-order valence-corrected chi connectivity index (χ4v) is 3.90. The molecule has 1 aromatic heterocycles. The molecular weight excluding hydrogens is 433 g/mol. The molecule has 0 amide bonds. The van der Waals surface area contributed by atoms with Gasteiger partial charge in [-0.3, -0.25) is 4.90 Å². The standard InChI is InChI=1S/C27H30FN3O3/c1-3-15-33-19-23(32)17-30(16-21-13-14-21)18-24-20(2)29-31(22-9-5-4-6-10-22)27(24)34-26-12-8-7-11-25(26)28/h1,4-12,21,23,32H,13-19H2,2H3/t23-/m0/s1. The van der Waals surface area contributed by atoms with Crippen LogP contribution in [0.25, 0.3) is 5.69 Å². The average molecular weight is 464 g/mol. The van der Waals surface area contributed by atoms with Crippen LogP contribution in [0.5, 0.6) is 11.6 Å². The Balaban J connectivity index is 1.64. The molecule has 1 heterocycles. The second kappa shape index (κ2) is 11.3. The number of hydrogen-bond donors (Lipinski definition) is 1. The molecule has 1 aliphatic carbocycles. The summed E-state index contributed by atoms with van der Waals surface area (Å²) in [6, 6.07) is 16.0. The summed E-state index contributed by atoms with van der Waals surface area (Å²) in [5.41, 5.74) is 2.46. The summed E-state index contributed by atoms with van der Waals surface area (Å²) in [6.07, 6.45) is 6.92. The summed E-state index contributed by atoms with van der Waals surface area (Å²) in [4.78, 5) is 2.19. The summed E-state index contributed by atoms with van der Waals surface area (Å²) < 4.78 is 27.7. The second-order valence-electron chi connectivity index (χ2n) is 8.66. The molecule has 1 aliphatic rings. The number of aliphatic hydroxyl groups excluding tert-OH is 1. The maximum atomic E-state index is 14.5. The third-order valence-electron chi connectivity index (χ3n) is 5.74. The summed E-state index contributed by atoms with van der Waals surface area (Å²) >= 11 is 0. The van der Waals surface area contributed by atoms with Crippen LogP contribution in [0.3, 0.4) is 0 Å². The molecule has 1 atom stereocenters. The molecule has 7 heteroatoms. The first-order valence-corrected chi connectivity index (χ1v) is 11.5. The highest BCUT2D eigenvalue weighted by molar-refractivity contribution is 5.43. The molecule has 0 spiro atoms. The SMILES string of the molecule is C#CCOC[C@@H](O)CN(Cc1c(C)nn(-c2ccccc2)c1Oc1ccccc1F)CC1CC1. The quantitative estimate of drug-likeness (QED) is 0.320. The Morgan fingerprint density at radius 1 is 1.21 bits per heavy atom. The van der Waals surface area contributed by atoms with Gasteiger partial charge in [-0.25, -0.2) is 9.07 Å². The lowest BCUT2D eigenvalue weighted by molar-refractivity contribution is 0.0250. The number of hydrogen-bond acceptors (Lipinski definition) is 5. The topological polar surface area (TPSA) is 59.8 Å². The first-order chi connectivity index (χ1) is 16.5. The number of aromatic nitrogens is 2. The molecule has 1 N–H and O–H groups in total. The van der Waals surface area contributed by atoms with Crippen molar-refractivity contribution < 1.29 is 19.0 Å². The molecule has 178 valence electrons. The van der Waals surface area contributed by atoms with Crippen molar-refractivity contribution in [2.45, 2.75) is 32.4 Å². The van der Waals surface area contributed by atoms with Gasteiger partial charge < -0.3 is 14.6 Å². The van der Waals surface area contributed by atoms with Crippen LogP contribution in [0.15, 0.2) is 54.6 Å². The first-order valence-electron chi connectivity index (χ1n) is 11.5. The van der Waals surface area contributed by atoms with Gasteiger partial charge in [-0.2, -0.15) is 5.10 Å². The number of aliphatic hydroxyl groups is 1. The van der Waals surface area contributed by atoms with E-state index in [2.05, 4.69) is 10.8 Å². The minimum atomic E-state index is -0.674. The molecule has 2 aromatic carbocycles. The number of para-hydroxylation sites is 2. The van der Waals surface area contributed by atoms with E-state index in [9.17, 15) is 9.50 Å². The van der Waals surface area contributed by atoms with E-state index in [1.165, 1.54) is 18.9 Å². The highest BCUT2D eigenvalue weighted by Gasteiger charge is 2.28. The number of benzene rings is 2. The highest BCUT2D eigenvalue weighted by Crippen LogP contribution is 2.34. The summed E-state index contributed by atoms with van der Waals surface area (Å²) in [7, 11) is 0. The number of ether oxygens (including phenoxy) is 2. The van der Waals surface area contributed by atoms with Crippen LogP contribution in [0.1, 0.15) is 24.1 Å². The molecule has 1 saturated carbocycles. The van der Waals surface area contributed by atoms with Crippen LogP contribution in [0.2, 0.25) is 0 Å². The molecule has 0 unspecified atom stereocenters. The lowest BCUT2D eigenvalue weighted by atomic mass is 10.2. The van der Waals surface area contributed by atoms with Crippen molar-refractivity contribution in [2.75, 3.05) is 26.3 Å². The largest absolute Gasteiger partial charge is 0.435 e. The monoisotopic (exact) mass is 463 g/mol. The maximum absolute atomic E-state index is 14.5. The van der Waals surface area contributed by atoms with Crippen molar-refractivity contribution in [1.82, 2.24) is 14.7 Å². The Morgan fingerprint density at radius 3 is 2.65 bits per heavy atom. The van der Waals surface area contributed by atoms with Gasteiger partial charge in [0.2, 0.25) is 5.88 Å². The summed E-state index contributed by atoms with van der Waals surface area (Å²) in [6.45, 7) is 4.04. The van der Waals surface area contributed by atoms with Crippen molar-refractivity contribution in [3.63, 3.8) is 0 Å². The van der Waals surface area contributed by atoms with Gasteiger partial charge in [0.05, 0.1) is 29.7 Å². The van der Waals surface area contributed by atoms with Gasteiger partial charge in [0.1, 0.15) is 6.61 Å². The van der Waals surface area contributed by atoms with Crippen molar-refractivity contribution in [1.29, 1.82) is 0 Å². The summed E-state index contributed by atoms with van der Waals surface area (Å²) in [5.74, 6) is 3.18. The van der Waals surface area contributed by atoms with Crippen molar-refractivity contribution >= 4 is 0 Å². The second-order valence-corrected chi connectivity index (χ2v) is 8.66. The van der Waals surface area contributed by atoms with Gasteiger partial charge in [0.25, 0.3) is 0 Å². The Labute approximate surface area is 199 Å². The molecule has 0 saturated heterocycles. The van der Waals surface area contributed by atoms with Crippen molar-refractivity contribution in [2.24, 2.45) is 5.92 Å². The zero-order valence-electron chi connectivity index (χ0n) is 19.4. The molecule has 0 bridgehead atoms. The van der Waals surface area contributed by atoms with Crippen molar-refractivity contribution in [3.8, 4) is 29.7 Å². The van der Waals surface area contributed by atoms with Crippen LogP contribution in [0.4, 0.5) is 4.39 Å². The van der Waals surface area contributed by atoms with Crippen molar-refractivity contribution in [3.05, 3.63) is 71.7 Å². The molecule has 1 fully saturated rings. The van der Waals surface area contributed by atoms with Crippen LogP contribution in [-0.4, -0.2) is 52.2 Å². The van der Waals surface area contributed by atoms with E-state index in [-0.39, 0.29) is 19.0 Å². The van der Waals surface area contributed by atoms with Gasteiger partial charge >= 0.3 is 0 Å². The van der Waals surface area contributed by atoms with E-state index in [4.69, 9.17) is 21.0 Å². The zero-order chi connectivity index (χ0) is 23.9. The lowest BCUT2D eigenvalue weighted by Gasteiger charge is -2.25. The molecule has 0 aliphatic heterocycles. The van der Waals surface area contributed by atoms with E-state index in [1.807, 2.05) is 37.3 Å². The minimum Gasteiger partial charge on any atom is -0.435 e. The number of aryl methyl sites for hydroxylation is 1.